The molecule has 5 heteroatoms. The largest absolute Gasteiger partial charge is 0.492 e. The lowest BCUT2D eigenvalue weighted by molar-refractivity contribution is -0.122. The highest BCUT2D eigenvalue weighted by Gasteiger charge is 2.36. The second-order valence-electron chi connectivity index (χ2n) is 5.98. The highest BCUT2D eigenvalue weighted by atomic mass is 79.9. The second-order valence-corrected chi connectivity index (χ2v) is 7.30. The third kappa shape index (κ3) is 3.85. The smallest absolute Gasteiger partial charge is 0.220 e. The molecular formula is C17H19BrClNO2. The minimum Gasteiger partial charge on any atom is -0.492 e. The number of hydrogen-bond acceptors (Lipinski definition) is 2. The molecule has 118 valence electrons. The van der Waals surface area contributed by atoms with Crippen LogP contribution in [0.3, 0.4) is 0 Å². The summed E-state index contributed by atoms with van der Waals surface area (Å²) in [5.74, 6) is 2.00. The molecule has 3 rings (SSSR count). The van der Waals surface area contributed by atoms with Gasteiger partial charge in [0.1, 0.15) is 5.75 Å². The maximum absolute atomic E-state index is 12.0. The maximum atomic E-state index is 12.0. The van der Waals surface area contributed by atoms with E-state index in [9.17, 15) is 4.79 Å². The van der Waals surface area contributed by atoms with Gasteiger partial charge in [0.15, 0.2) is 0 Å². The monoisotopic (exact) mass is 383 g/mol. The van der Waals surface area contributed by atoms with Crippen LogP contribution in [0.25, 0.3) is 0 Å². The normalized spacial score (nSPS) is 25.5. The van der Waals surface area contributed by atoms with Crippen LogP contribution in [-0.4, -0.2) is 18.6 Å². The van der Waals surface area contributed by atoms with Gasteiger partial charge in [-0.15, -0.1) is 0 Å². The molecule has 1 aromatic rings. The summed E-state index contributed by atoms with van der Waals surface area (Å²) in [4.78, 5) is 12.0. The Morgan fingerprint density at radius 3 is 2.91 bits per heavy atom. The summed E-state index contributed by atoms with van der Waals surface area (Å²) in [5, 5.41) is 3.73. The number of amides is 1. The Morgan fingerprint density at radius 2 is 2.23 bits per heavy atom. The van der Waals surface area contributed by atoms with E-state index in [1.807, 2.05) is 12.1 Å². The van der Waals surface area contributed by atoms with E-state index < -0.39 is 0 Å². The molecule has 0 saturated heterocycles. The van der Waals surface area contributed by atoms with Crippen molar-refractivity contribution in [2.75, 3.05) is 6.61 Å². The summed E-state index contributed by atoms with van der Waals surface area (Å²) in [6.45, 7) is 0.491. The molecule has 1 amide bonds. The van der Waals surface area contributed by atoms with Crippen LogP contribution in [0.15, 0.2) is 34.8 Å². The molecule has 2 aliphatic carbocycles. The lowest BCUT2D eigenvalue weighted by atomic mass is 10.0. The molecule has 2 bridgehead atoms. The summed E-state index contributed by atoms with van der Waals surface area (Å²) >= 11 is 9.43. The van der Waals surface area contributed by atoms with Crippen molar-refractivity contribution in [1.29, 1.82) is 0 Å². The Balaban J connectivity index is 1.36. The van der Waals surface area contributed by atoms with Gasteiger partial charge in [-0.05, 0) is 49.3 Å². The van der Waals surface area contributed by atoms with Crippen LogP contribution in [-0.2, 0) is 4.79 Å². The van der Waals surface area contributed by atoms with E-state index in [0.29, 0.717) is 48.1 Å². The quantitative estimate of drug-likeness (QED) is 0.585. The van der Waals surface area contributed by atoms with Gasteiger partial charge in [0, 0.05) is 16.9 Å². The first-order chi connectivity index (χ1) is 10.6. The topological polar surface area (TPSA) is 38.3 Å². The highest BCUT2D eigenvalue weighted by Crippen LogP contribution is 2.38. The van der Waals surface area contributed by atoms with Gasteiger partial charge in [-0.2, -0.15) is 0 Å². The van der Waals surface area contributed by atoms with Gasteiger partial charge in [-0.1, -0.05) is 39.7 Å². The summed E-state index contributed by atoms with van der Waals surface area (Å²) in [6.07, 6.45) is 8.01. The number of carbonyl (C=O) groups excluding carboxylic acids is 1. The molecule has 0 heterocycles. The number of halogens is 2. The Kier molecular flexibility index (Phi) is 5.09. The van der Waals surface area contributed by atoms with Gasteiger partial charge < -0.3 is 10.1 Å². The lowest BCUT2D eigenvalue weighted by Crippen LogP contribution is -2.37. The van der Waals surface area contributed by atoms with Crippen molar-refractivity contribution in [3.05, 3.63) is 39.8 Å². The standard InChI is InChI=1S/C17H19BrClNO2/c18-13-5-6-16(14(19)10-13)22-7-1-2-17(21)20-15-9-11-3-4-12(15)8-11/h3-6,10-12,15H,1-2,7-9H2,(H,20,21). The molecule has 22 heavy (non-hydrogen) atoms. The number of allylic oxidation sites excluding steroid dienone is 1. The van der Waals surface area contributed by atoms with Crippen LogP contribution in [0.5, 0.6) is 5.75 Å². The van der Waals surface area contributed by atoms with Crippen LogP contribution in [0.4, 0.5) is 0 Å². The van der Waals surface area contributed by atoms with Crippen molar-refractivity contribution in [2.45, 2.75) is 31.7 Å². The minimum atomic E-state index is 0.122. The van der Waals surface area contributed by atoms with E-state index in [2.05, 4.69) is 33.4 Å². The minimum absolute atomic E-state index is 0.122. The molecule has 0 spiro atoms. The molecule has 0 radical (unpaired) electrons. The van der Waals surface area contributed by atoms with E-state index in [4.69, 9.17) is 16.3 Å². The number of carbonyl (C=O) groups is 1. The number of rotatable bonds is 6. The number of benzene rings is 1. The van der Waals surface area contributed by atoms with Crippen LogP contribution in [0.1, 0.15) is 25.7 Å². The zero-order valence-corrected chi connectivity index (χ0v) is 14.6. The molecule has 3 atom stereocenters. The Hall–Kier alpha value is -1.00. The molecule has 3 nitrogen and oxygen atoms in total. The molecule has 1 N–H and O–H groups in total. The summed E-state index contributed by atoms with van der Waals surface area (Å²) in [7, 11) is 0. The number of nitrogens with one attached hydrogen (secondary N) is 1. The molecule has 2 aliphatic rings. The van der Waals surface area contributed by atoms with Crippen LogP contribution in [0, 0.1) is 11.8 Å². The number of fused-ring (bicyclic) bond motifs is 2. The van der Waals surface area contributed by atoms with Gasteiger partial charge in [0.05, 0.1) is 11.6 Å². The fourth-order valence-electron chi connectivity index (χ4n) is 3.23. The Labute approximate surface area is 144 Å². The highest BCUT2D eigenvalue weighted by molar-refractivity contribution is 9.10. The number of hydrogen-bond donors (Lipinski definition) is 1. The lowest BCUT2D eigenvalue weighted by Gasteiger charge is -2.19. The van der Waals surface area contributed by atoms with Gasteiger partial charge in [0.25, 0.3) is 0 Å². The zero-order valence-electron chi connectivity index (χ0n) is 12.2. The fourth-order valence-corrected chi connectivity index (χ4v) is 3.96. The third-order valence-corrected chi connectivity index (χ3v) is 5.11. The molecule has 0 aliphatic heterocycles. The molecule has 3 unspecified atom stereocenters. The summed E-state index contributed by atoms with van der Waals surface area (Å²) in [5.41, 5.74) is 0. The van der Waals surface area contributed by atoms with Crippen molar-refractivity contribution in [3.63, 3.8) is 0 Å². The van der Waals surface area contributed by atoms with Gasteiger partial charge in [-0.25, -0.2) is 0 Å². The van der Waals surface area contributed by atoms with E-state index in [0.717, 1.165) is 10.9 Å². The van der Waals surface area contributed by atoms with Gasteiger partial charge in [0.2, 0.25) is 5.91 Å². The van der Waals surface area contributed by atoms with Crippen molar-refractivity contribution in [1.82, 2.24) is 5.32 Å². The van der Waals surface area contributed by atoms with E-state index >= 15 is 0 Å². The van der Waals surface area contributed by atoms with E-state index in [1.54, 1.807) is 6.07 Å². The molecule has 1 aromatic carbocycles. The van der Waals surface area contributed by atoms with Crippen molar-refractivity contribution < 1.29 is 9.53 Å². The Bertz CT molecular complexity index is 590. The van der Waals surface area contributed by atoms with E-state index in [1.165, 1.54) is 6.42 Å². The number of ether oxygens (including phenoxy) is 1. The predicted molar refractivity (Wildman–Crippen MR) is 91.2 cm³/mol. The average molecular weight is 385 g/mol. The van der Waals surface area contributed by atoms with Crippen molar-refractivity contribution >= 4 is 33.4 Å². The molecule has 1 saturated carbocycles. The van der Waals surface area contributed by atoms with Gasteiger partial charge >= 0.3 is 0 Å². The average Bonchev–Trinajstić information content (AvgIpc) is 3.08. The SMILES string of the molecule is O=C(CCCOc1ccc(Br)cc1Cl)NC1CC2C=CC1C2. The van der Waals surface area contributed by atoms with Crippen molar-refractivity contribution in [2.24, 2.45) is 11.8 Å². The molecule has 1 fully saturated rings. The van der Waals surface area contributed by atoms with Crippen LogP contribution >= 0.6 is 27.5 Å². The summed E-state index contributed by atoms with van der Waals surface area (Å²) < 4.78 is 6.54. The first-order valence-corrected chi connectivity index (χ1v) is 8.84. The van der Waals surface area contributed by atoms with E-state index in [-0.39, 0.29) is 5.91 Å². The fraction of sp³-hybridized carbons (Fsp3) is 0.471. The first-order valence-electron chi connectivity index (χ1n) is 7.67. The second kappa shape index (κ2) is 7.05. The summed E-state index contributed by atoms with van der Waals surface area (Å²) in [6, 6.07) is 5.85. The molecule has 0 aromatic heterocycles. The Morgan fingerprint density at radius 1 is 1.36 bits per heavy atom. The third-order valence-electron chi connectivity index (χ3n) is 4.32. The maximum Gasteiger partial charge on any atom is 0.220 e. The van der Waals surface area contributed by atoms with Crippen LogP contribution < -0.4 is 10.1 Å². The predicted octanol–water partition coefficient (Wildman–Crippen LogP) is 4.34. The van der Waals surface area contributed by atoms with Gasteiger partial charge in [-0.3, -0.25) is 4.79 Å². The van der Waals surface area contributed by atoms with Crippen LogP contribution in [0.2, 0.25) is 5.02 Å². The zero-order chi connectivity index (χ0) is 15.5. The molecular weight excluding hydrogens is 366 g/mol. The van der Waals surface area contributed by atoms with Crippen molar-refractivity contribution in [3.8, 4) is 5.75 Å². The first kappa shape index (κ1) is 15.9.